The van der Waals surface area contributed by atoms with E-state index in [1.54, 1.807) is 24.3 Å². The van der Waals surface area contributed by atoms with Crippen molar-refractivity contribution in [2.45, 2.75) is 31.7 Å². The van der Waals surface area contributed by atoms with Crippen LogP contribution in [0.1, 0.15) is 41.6 Å². The third kappa shape index (κ3) is 3.35. The van der Waals surface area contributed by atoms with Gasteiger partial charge in [0.25, 0.3) is 5.91 Å². The highest BCUT2D eigenvalue weighted by Gasteiger charge is 2.17. The lowest BCUT2D eigenvalue weighted by molar-refractivity contribution is 0.0938. The van der Waals surface area contributed by atoms with E-state index in [0.717, 1.165) is 18.4 Å². The molecule has 0 unspecified atom stereocenters. The Morgan fingerprint density at radius 2 is 1.94 bits per heavy atom. The molecule has 2 rings (SSSR count). The van der Waals surface area contributed by atoms with E-state index >= 15 is 0 Å². The molecular weight excluding hydrogens is 226 g/mol. The van der Waals surface area contributed by atoms with E-state index in [2.05, 4.69) is 17.2 Å². The highest BCUT2D eigenvalue weighted by molar-refractivity contribution is 5.94. The lowest BCUT2D eigenvalue weighted by atomic mass is 10.1. The lowest BCUT2D eigenvalue weighted by Gasteiger charge is -2.11. The van der Waals surface area contributed by atoms with Crippen molar-refractivity contribution in [2.24, 2.45) is 0 Å². The zero-order chi connectivity index (χ0) is 12.8. The summed E-state index contributed by atoms with van der Waals surface area (Å²) in [6.45, 7) is -0.149. The third-order valence-corrected chi connectivity index (χ3v) is 3.15. The van der Waals surface area contributed by atoms with Gasteiger partial charge < -0.3 is 10.4 Å². The molecule has 0 atom stereocenters. The molecule has 1 aromatic rings. The van der Waals surface area contributed by atoms with Crippen LogP contribution < -0.4 is 5.32 Å². The number of aliphatic hydroxyl groups is 1. The Balaban J connectivity index is 1.97. The molecule has 3 heteroatoms. The number of carbonyl (C=O) groups is 1. The van der Waals surface area contributed by atoms with Gasteiger partial charge in [-0.25, -0.2) is 0 Å². The molecule has 0 spiro atoms. The molecule has 0 bridgehead atoms. The molecule has 2 N–H and O–H groups in total. The minimum atomic E-state index is -0.149. The molecule has 0 heterocycles. The maximum Gasteiger partial charge on any atom is 0.251 e. The molecule has 1 fully saturated rings. The first-order valence-corrected chi connectivity index (χ1v) is 6.30. The average molecular weight is 243 g/mol. The highest BCUT2D eigenvalue weighted by atomic mass is 16.2. The van der Waals surface area contributed by atoms with Crippen LogP contribution in [0.3, 0.4) is 0 Å². The first kappa shape index (κ1) is 12.7. The van der Waals surface area contributed by atoms with Gasteiger partial charge in [0.1, 0.15) is 6.61 Å². The van der Waals surface area contributed by atoms with Crippen molar-refractivity contribution >= 4 is 5.91 Å². The summed E-state index contributed by atoms with van der Waals surface area (Å²) in [5, 5.41) is 11.6. The van der Waals surface area contributed by atoms with Crippen LogP contribution in [0.15, 0.2) is 24.3 Å². The molecule has 1 saturated carbocycles. The topological polar surface area (TPSA) is 49.3 Å². The van der Waals surface area contributed by atoms with Crippen LogP contribution in [0.5, 0.6) is 0 Å². The smallest absolute Gasteiger partial charge is 0.251 e. The second-order valence-corrected chi connectivity index (χ2v) is 4.49. The highest BCUT2D eigenvalue weighted by Crippen LogP contribution is 2.18. The van der Waals surface area contributed by atoms with E-state index in [1.165, 1.54) is 12.8 Å². The number of nitrogens with one attached hydrogen (secondary N) is 1. The Morgan fingerprint density at radius 1 is 1.28 bits per heavy atom. The molecule has 3 nitrogen and oxygen atoms in total. The molecule has 0 saturated heterocycles. The van der Waals surface area contributed by atoms with Gasteiger partial charge in [0.2, 0.25) is 0 Å². The molecule has 1 aliphatic rings. The molecule has 0 aliphatic heterocycles. The first-order chi connectivity index (χ1) is 8.79. The lowest BCUT2D eigenvalue weighted by Crippen LogP contribution is -2.32. The minimum Gasteiger partial charge on any atom is -0.384 e. The summed E-state index contributed by atoms with van der Waals surface area (Å²) < 4.78 is 0. The fourth-order valence-electron chi connectivity index (χ4n) is 2.19. The van der Waals surface area contributed by atoms with Crippen molar-refractivity contribution < 1.29 is 9.90 Å². The number of benzene rings is 1. The summed E-state index contributed by atoms with van der Waals surface area (Å²) in [6.07, 6.45) is 4.60. The SMILES string of the molecule is O=C(NC1CCCC1)c1ccc(C#CCO)cc1. The van der Waals surface area contributed by atoms with Gasteiger partial charge in [0, 0.05) is 17.2 Å². The maximum absolute atomic E-state index is 11.9. The molecular formula is C15H17NO2. The number of hydrogen-bond donors (Lipinski definition) is 2. The van der Waals surface area contributed by atoms with E-state index in [0.29, 0.717) is 11.6 Å². The van der Waals surface area contributed by atoms with Crippen molar-refractivity contribution in [2.75, 3.05) is 6.61 Å². The van der Waals surface area contributed by atoms with Crippen molar-refractivity contribution in [3.63, 3.8) is 0 Å². The number of rotatable bonds is 2. The van der Waals surface area contributed by atoms with E-state index in [9.17, 15) is 4.79 Å². The molecule has 0 radical (unpaired) electrons. The normalized spacial score (nSPS) is 14.9. The minimum absolute atomic E-state index is 0.0106. The van der Waals surface area contributed by atoms with E-state index < -0.39 is 0 Å². The molecule has 1 aliphatic carbocycles. The average Bonchev–Trinajstić information content (AvgIpc) is 2.89. The Kier molecular flexibility index (Phi) is 4.38. The molecule has 1 amide bonds. The summed E-state index contributed by atoms with van der Waals surface area (Å²) in [6, 6.07) is 7.47. The molecule has 0 aromatic heterocycles. The van der Waals surface area contributed by atoms with Gasteiger partial charge in [-0.15, -0.1) is 0 Å². The summed E-state index contributed by atoms with van der Waals surface area (Å²) in [5.41, 5.74) is 1.47. The van der Waals surface area contributed by atoms with E-state index in [-0.39, 0.29) is 12.5 Å². The molecule has 94 valence electrons. The standard InChI is InChI=1S/C15H17NO2/c17-11-3-4-12-7-9-13(10-8-12)15(18)16-14-5-1-2-6-14/h7-10,14,17H,1-2,5-6,11H2,(H,16,18). The first-order valence-electron chi connectivity index (χ1n) is 6.30. The van der Waals surface area contributed by atoms with Gasteiger partial charge in [-0.2, -0.15) is 0 Å². The fourth-order valence-corrected chi connectivity index (χ4v) is 2.19. The Labute approximate surface area is 107 Å². The molecule has 1 aromatic carbocycles. The summed E-state index contributed by atoms with van der Waals surface area (Å²) in [5.74, 6) is 5.37. The Bertz CT molecular complexity index is 462. The van der Waals surface area contributed by atoms with E-state index in [1.807, 2.05) is 0 Å². The predicted molar refractivity (Wildman–Crippen MR) is 70.1 cm³/mol. The van der Waals surface area contributed by atoms with Crippen LogP contribution in [0.2, 0.25) is 0 Å². The Hall–Kier alpha value is -1.79. The summed E-state index contributed by atoms with van der Waals surface area (Å²) in [4.78, 5) is 11.9. The fraction of sp³-hybridized carbons (Fsp3) is 0.400. The second-order valence-electron chi connectivity index (χ2n) is 4.49. The summed E-state index contributed by atoms with van der Waals surface area (Å²) in [7, 11) is 0. The van der Waals surface area contributed by atoms with Gasteiger partial charge >= 0.3 is 0 Å². The van der Waals surface area contributed by atoms with Crippen LogP contribution in [0, 0.1) is 11.8 Å². The van der Waals surface area contributed by atoms with Crippen LogP contribution >= 0.6 is 0 Å². The second kappa shape index (κ2) is 6.23. The quantitative estimate of drug-likeness (QED) is 0.777. The zero-order valence-corrected chi connectivity index (χ0v) is 10.3. The van der Waals surface area contributed by atoms with Crippen LogP contribution in [0.4, 0.5) is 0 Å². The number of carbonyl (C=O) groups excluding carboxylic acids is 1. The van der Waals surface area contributed by atoms with E-state index in [4.69, 9.17) is 5.11 Å². The third-order valence-electron chi connectivity index (χ3n) is 3.15. The zero-order valence-electron chi connectivity index (χ0n) is 10.3. The van der Waals surface area contributed by atoms with Crippen LogP contribution in [0.25, 0.3) is 0 Å². The Morgan fingerprint density at radius 3 is 2.56 bits per heavy atom. The van der Waals surface area contributed by atoms with Crippen molar-refractivity contribution in [3.05, 3.63) is 35.4 Å². The largest absolute Gasteiger partial charge is 0.384 e. The van der Waals surface area contributed by atoms with Gasteiger partial charge in [0.15, 0.2) is 0 Å². The number of amides is 1. The van der Waals surface area contributed by atoms with Gasteiger partial charge in [-0.1, -0.05) is 24.7 Å². The number of hydrogen-bond acceptors (Lipinski definition) is 2. The predicted octanol–water partition coefficient (Wildman–Crippen LogP) is 1.70. The van der Waals surface area contributed by atoms with Gasteiger partial charge in [-0.3, -0.25) is 4.79 Å². The van der Waals surface area contributed by atoms with Crippen LogP contribution in [-0.2, 0) is 0 Å². The van der Waals surface area contributed by atoms with Crippen LogP contribution in [-0.4, -0.2) is 23.7 Å². The summed E-state index contributed by atoms with van der Waals surface area (Å²) >= 11 is 0. The van der Waals surface area contributed by atoms with Crippen molar-refractivity contribution in [1.29, 1.82) is 0 Å². The van der Waals surface area contributed by atoms with Crippen molar-refractivity contribution in [1.82, 2.24) is 5.32 Å². The van der Waals surface area contributed by atoms with Crippen molar-refractivity contribution in [3.8, 4) is 11.8 Å². The maximum atomic E-state index is 11.9. The van der Waals surface area contributed by atoms with Gasteiger partial charge in [-0.05, 0) is 37.1 Å². The van der Waals surface area contributed by atoms with Gasteiger partial charge in [0.05, 0.1) is 0 Å². The monoisotopic (exact) mass is 243 g/mol. The molecule has 18 heavy (non-hydrogen) atoms. The number of aliphatic hydroxyl groups excluding tert-OH is 1.